The molecule has 2 atom stereocenters. The maximum atomic E-state index is 10.4. The minimum atomic E-state index is -0.730. The molecule has 0 aromatic rings. The van der Waals surface area contributed by atoms with Crippen molar-refractivity contribution in [1.82, 2.24) is 4.90 Å². The van der Waals surface area contributed by atoms with Crippen LogP contribution in [0.1, 0.15) is 20.3 Å². The van der Waals surface area contributed by atoms with E-state index in [1.165, 1.54) is 0 Å². The van der Waals surface area contributed by atoms with Crippen molar-refractivity contribution in [3.8, 4) is 0 Å². The fourth-order valence-corrected chi connectivity index (χ4v) is 1.55. The third kappa shape index (κ3) is 2.97. The highest BCUT2D eigenvalue weighted by molar-refractivity contribution is 5.66. The van der Waals surface area contributed by atoms with Gasteiger partial charge in [0.25, 0.3) is 0 Å². The Hall–Kier alpha value is -0.610. The highest BCUT2D eigenvalue weighted by Crippen LogP contribution is 2.13. The first-order chi connectivity index (χ1) is 6.11. The number of aliphatic carboxylic acids is 1. The van der Waals surface area contributed by atoms with Gasteiger partial charge in [0.2, 0.25) is 0 Å². The van der Waals surface area contributed by atoms with Gasteiger partial charge in [-0.15, -0.1) is 0 Å². The van der Waals surface area contributed by atoms with Crippen LogP contribution >= 0.6 is 0 Å². The second-order valence-corrected chi connectivity index (χ2v) is 3.50. The van der Waals surface area contributed by atoms with Gasteiger partial charge in [-0.2, -0.15) is 0 Å². The largest absolute Gasteiger partial charge is 0.481 e. The van der Waals surface area contributed by atoms with E-state index in [4.69, 9.17) is 9.84 Å². The van der Waals surface area contributed by atoms with Gasteiger partial charge in [0.15, 0.2) is 0 Å². The van der Waals surface area contributed by atoms with E-state index in [2.05, 4.69) is 11.8 Å². The molecule has 0 aromatic carbocycles. The van der Waals surface area contributed by atoms with Gasteiger partial charge in [-0.05, 0) is 13.8 Å². The first kappa shape index (κ1) is 10.5. The van der Waals surface area contributed by atoms with E-state index in [9.17, 15) is 4.79 Å². The van der Waals surface area contributed by atoms with Crippen molar-refractivity contribution in [3.63, 3.8) is 0 Å². The van der Waals surface area contributed by atoms with Gasteiger partial charge in [-0.25, -0.2) is 0 Å². The van der Waals surface area contributed by atoms with E-state index >= 15 is 0 Å². The Kier molecular flexibility index (Phi) is 3.69. The maximum Gasteiger partial charge on any atom is 0.304 e. The summed E-state index contributed by atoms with van der Waals surface area (Å²) in [6, 6.07) is 0.327. The molecule has 1 saturated heterocycles. The third-order valence-corrected chi connectivity index (χ3v) is 2.63. The SMILES string of the molecule is CC1OCCN(CCC(=O)O)C1C. The summed E-state index contributed by atoms with van der Waals surface area (Å²) in [7, 11) is 0. The van der Waals surface area contributed by atoms with E-state index in [-0.39, 0.29) is 12.5 Å². The first-order valence-electron chi connectivity index (χ1n) is 4.68. The average Bonchev–Trinajstić information content (AvgIpc) is 2.07. The number of morpholine rings is 1. The van der Waals surface area contributed by atoms with Crippen molar-refractivity contribution in [3.05, 3.63) is 0 Å². The summed E-state index contributed by atoms with van der Waals surface area (Å²) < 4.78 is 5.44. The molecule has 1 aliphatic rings. The first-order valence-corrected chi connectivity index (χ1v) is 4.68. The van der Waals surface area contributed by atoms with Gasteiger partial charge < -0.3 is 9.84 Å². The minimum absolute atomic E-state index is 0.211. The van der Waals surface area contributed by atoms with Crippen molar-refractivity contribution in [2.45, 2.75) is 32.4 Å². The fourth-order valence-electron chi connectivity index (χ4n) is 1.55. The normalized spacial score (nSPS) is 30.3. The molecule has 0 saturated carbocycles. The molecule has 1 N–H and O–H groups in total. The van der Waals surface area contributed by atoms with Crippen molar-refractivity contribution < 1.29 is 14.6 Å². The molecule has 1 fully saturated rings. The van der Waals surface area contributed by atoms with Gasteiger partial charge in [0.05, 0.1) is 19.1 Å². The van der Waals surface area contributed by atoms with Crippen LogP contribution in [0.25, 0.3) is 0 Å². The lowest BCUT2D eigenvalue weighted by Gasteiger charge is -2.37. The standard InChI is InChI=1S/C9H17NO3/c1-7-8(2)13-6-5-10(7)4-3-9(11)12/h7-8H,3-6H2,1-2H3,(H,11,12). The zero-order chi connectivity index (χ0) is 9.84. The van der Waals surface area contributed by atoms with Gasteiger partial charge >= 0.3 is 5.97 Å². The lowest BCUT2D eigenvalue weighted by atomic mass is 10.1. The van der Waals surface area contributed by atoms with Crippen LogP contribution in [0, 0.1) is 0 Å². The summed E-state index contributed by atoms with van der Waals surface area (Å²) in [4.78, 5) is 12.5. The molecule has 76 valence electrons. The van der Waals surface area contributed by atoms with Gasteiger partial charge in [-0.1, -0.05) is 0 Å². The third-order valence-electron chi connectivity index (χ3n) is 2.63. The summed E-state index contributed by atoms with van der Waals surface area (Å²) >= 11 is 0. The quantitative estimate of drug-likeness (QED) is 0.701. The Morgan fingerprint density at radius 2 is 2.31 bits per heavy atom. The highest BCUT2D eigenvalue weighted by Gasteiger charge is 2.25. The van der Waals surface area contributed by atoms with E-state index in [1.54, 1.807) is 0 Å². The van der Waals surface area contributed by atoms with Crippen molar-refractivity contribution in [2.75, 3.05) is 19.7 Å². The number of rotatable bonds is 3. The summed E-state index contributed by atoms with van der Waals surface area (Å²) in [5.41, 5.74) is 0. The van der Waals surface area contributed by atoms with Crippen LogP contribution in [-0.4, -0.2) is 47.8 Å². The molecule has 0 radical (unpaired) electrons. The second-order valence-electron chi connectivity index (χ2n) is 3.50. The van der Waals surface area contributed by atoms with Crippen molar-refractivity contribution in [2.24, 2.45) is 0 Å². The Balaban J connectivity index is 2.35. The van der Waals surface area contributed by atoms with E-state index in [0.29, 0.717) is 19.2 Å². The van der Waals surface area contributed by atoms with Crippen molar-refractivity contribution in [1.29, 1.82) is 0 Å². The lowest BCUT2D eigenvalue weighted by Crippen LogP contribution is -2.48. The summed E-state index contributed by atoms with van der Waals surface area (Å²) in [5.74, 6) is -0.730. The molecular formula is C9H17NO3. The molecule has 1 rings (SSSR count). The molecular weight excluding hydrogens is 170 g/mol. The van der Waals surface area contributed by atoms with Crippen LogP contribution in [0.2, 0.25) is 0 Å². The molecule has 1 heterocycles. The summed E-state index contributed by atoms with van der Waals surface area (Å²) in [6.45, 7) is 6.29. The molecule has 0 bridgehead atoms. The maximum absolute atomic E-state index is 10.4. The zero-order valence-corrected chi connectivity index (χ0v) is 8.19. The monoisotopic (exact) mass is 187 g/mol. The Bertz CT molecular complexity index is 184. The molecule has 0 aromatic heterocycles. The topological polar surface area (TPSA) is 49.8 Å². The summed E-state index contributed by atoms with van der Waals surface area (Å²) in [6.07, 6.45) is 0.430. The predicted octanol–water partition coefficient (Wildman–Crippen LogP) is 0.570. The number of carboxylic acid groups (broad SMARTS) is 1. The Morgan fingerprint density at radius 3 is 2.92 bits per heavy atom. The van der Waals surface area contributed by atoms with Crippen LogP contribution < -0.4 is 0 Å². The Morgan fingerprint density at radius 1 is 1.62 bits per heavy atom. The van der Waals surface area contributed by atoms with E-state index < -0.39 is 5.97 Å². The fraction of sp³-hybridized carbons (Fsp3) is 0.889. The number of hydrogen-bond donors (Lipinski definition) is 1. The smallest absolute Gasteiger partial charge is 0.304 e. The minimum Gasteiger partial charge on any atom is -0.481 e. The van der Waals surface area contributed by atoms with Crippen LogP contribution in [0.3, 0.4) is 0 Å². The van der Waals surface area contributed by atoms with Gasteiger partial charge in [0, 0.05) is 19.1 Å². The van der Waals surface area contributed by atoms with E-state index in [0.717, 1.165) is 6.54 Å². The molecule has 4 heteroatoms. The molecule has 1 aliphatic heterocycles. The number of nitrogens with zero attached hydrogens (tertiary/aromatic N) is 1. The Labute approximate surface area is 78.5 Å². The predicted molar refractivity (Wildman–Crippen MR) is 48.7 cm³/mol. The zero-order valence-electron chi connectivity index (χ0n) is 8.19. The van der Waals surface area contributed by atoms with Crippen LogP contribution in [0.5, 0.6) is 0 Å². The molecule has 0 amide bonds. The van der Waals surface area contributed by atoms with Crippen LogP contribution in [0.15, 0.2) is 0 Å². The summed E-state index contributed by atoms with van der Waals surface area (Å²) in [5, 5.41) is 8.54. The molecule has 4 nitrogen and oxygen atoms in total. The number of carboxylic acids is 1. The van der Waals surface area contributed by atoms with Crippen LogP contribution in [-0.2, 0) is 9.53 Å². The van der Waals surface area contributed by atoms with Crippen molar-refractivity contribution >= 4 is 5.97 Å². The number of hydrogen-bond acceptors (Lipinski definition) is 3. The average molecular weight is 187 g/mol. The molecule has 13 heavy (non-hydrogen) atoms. The highest BCUT2D eigenvalue weighted by atomic mass is 16.5. The number of ether oxygens (including phenoxy) is 1. The van der Waals surface area contributed by atoms with E-state index in [1.807, 2.05) is 6.92 Å². The molecule has 0 aliphatic carbocycles. The van der Waals surface area contributed by atoms with Crippen LogP contribution in [0.4, 0.5) is 0 Å². The lowest BCUT2D eigenvalue weighted by molar-refractivity contribution is -0.138. The molecule has 2 unspecified atom stereocenters. The second kappa shape index (κ2) is 4.58. The van der Waals surface area contributed by atoms with Gasteiger partial charge in [0.1, 0.15) is 0 Å². The van der Waals surface area contributed by atoms with Gasteiger partial charge in [-0.3, -0.25) is 9.69 Å². The molecule has 0 spiro atoms. The number of carbonyl (C=O) groups is 1.